The van der Waals surface area contributed by atoms with Gasteiger partial charge < -0.3 is 4.74 Å². The van der Waals surface area contributed by atoms with E-state index in [1.54, 1.807) is 0 Å². The molecule has 1 aromatic rings. The van der Waals surface area contributed by atoms with Crippen molar-refractivity contribution in [2.24, 2.45) is 5.92 Å². The molecule has 0 bridgehead atoms. The summed E-state index contributed by atoms with van der Waals surface area (Å²) in [6.45, 7) is 8.15. The van der Waals surface area contributed by atoms with Crippen LogP contribution in [0.5, 0.6) is 0 Å². The van der Waals surface area contributed by atoms with Gasteiger partial charge >= 0.3 is 5.97 Å². The molecule has 2 atom stereocenters. The molecule has 0 amide bonds. The van der Waals surface area contributed by atoms with Gasteiger partial charge in [-0.1, -0.05) is 44.2 Å². The Bertz CT molecular complexity index is 462. The van der Waals surface area contributed by atoms with Gasteiger partial charge in [-0.3, -0.25) is 9.63 Å². The van der Waals surface area contributed by atoms with Gasteiger partial charge in [0.1, 0.15) is 5.60 Å². The van der Waals surface area contributed by atoms with Gasteiger partial charge in [0, 0.05) is 31.8 Å². The van der Waals surface area contributed by atoms with Gasteiger partial charge in [-0.05, 0) is 12.5 Å². The second-order valence-electron chi connectivity index (χ2n) is 5.54. The quantitative estimate of drug-likeness (QED) is 0.781. The molecular formula is C17H25NO3. The van der Waals surface area contributed by atoms with Crippen molar-refractivity contribution in [3.63, 3.8) is 0 Å². The highest BCUT2D eigenvalue weighted by atomic mass is 16.7. The summed E-state index contributed by atoms with van der Waals surface area (Å²) in [7, 11) is 0. The van der Waals surface area contributed by atoms with Crippen molar-refractivity contribution in [3.8, 4) is 0 Å². The molecule has 116 valence electrons. The number of hydrogen-bond acceptors (Lipinski definition) is 4. The predicted octanol–water partition coefficient (Wildman–Crippen LogP) is 3.13. The van der Waals surface area contributed by atoms with E-state index >= 15 is 0 Å². The number of carbonyl (C=O) groups is 1. The largest absolute Gasteiger partial charge is 0.454 e. The summed E-state index contributed by atoms with van der Waals surface area (Å²) in [5.41, 5.74) is 0.539. The average Bonchev–Trinajstić information content (AvgIpc) is 2.51. The van der Waals surface area contributed by atoms with Crippen LogP contribution in [0.25, 0.3) is 0 Å². The van der Waals surface area contributed by atoms with Crippen LogP contribution in [0.3, 0.4) is 0 Å². The van der Waals surface area contributed by atoms with E-state index in [2.05, 4.69) is 19.1 Å². The number of carbonyl (C=O) groups excluding carboxylic acids is 1. The first-order chi connectivity index (χ1) is 10.1. The summed E-state index contributed by atoms with van der Waals surface area (Å²) in [5.74, 6) is 0.0336. The number of piperidine rings is 1. The normalized spacial score (nSPS) is 26.5. The predicted molar refractivity (Wildman–Crippen MR) is 81.5 cm³/mol. The molecule has 1 aliphatic rings. The van der Waals surface area contributed by atoms with Gasteiger partial charge in [0.15, 0.2) is 0 Å². The molecule has 4 heteroatoms. The minimum absolute atomic E-state index is 0.143. The maximum Gasteiger partial charge on any atom is 0.306 e. The molecule has 1 aromatic carbocycles. The molecule has 0 aromatic heterocycles. The average molecular weight is 291 g/mol. The van der Waals surface area contributed by atoms with E-state index < -0.39 is 5.60 Å². The molecule has 0 N–H and O–H groups in total. The molecule has 2 rings (SSSR count). The van der Waals surface area contributed by atoms with Crippen LogP contribution in [0.2, 0.25) is 0 Å². The van der Waals surface area contributed by atoms with Crippen LogP contribution in [-0.4, -0.2) is 30.7 Å². The Labute approximate surface area is 127 Å². The number of nitrogens with zero attached hydrogens (tertiary/aromatic N) is 1. The van der Waals surface area contributed by atoms with Crippen molar-refractivity contribution in [2.45, 2.75) is 39.2 Å². The zero-order chi connectivity index (χ0) is 15.3. The summed E-state index contributed by atoms with van der Waals surface area (Å²) in [5, 5.41) is 1.98. The second-order valence-corrected chi connectivity index (χ2v) is 5.54. The monoisotopic (exact) mass is 291 g/mol. The van der Waals surface area contributed by atoms with Crippen LogP contribution >= 0.6 is 0 Å². The second kappa shape index (κ2) is 7.05. The lowest BCUT2D eigenvalue weighted by molar-refractivity contribution is -0.222. The zero-order valence-electron chi connectivity index (χ0n) is 13.2. The fraction of sp³-hybridized carbons (Fsp3) is 0.588. The third-order valence-electron chi connectivity index (χ3n) is 4.16. The van der Waals surface area contributed by atoms with Crippen molar-refractivity contribution in [1.29, 1.82) is 0 Å². The highest BCUT2D eigenvalue weighted by Gasteiger charge is 2.45. The van der Waals surface area contributed by atoms with E-state index in [-0.39, 0.29) is 11.9 Å². The minimum atomic E-state index is -0.540. The Morgan fingerprint density at radius 3 is 2.62 bits per heavy atom. The summed E-state index contributed by atoms with van der Waals surface area (Å²) in [6.07, 6.45) is 1.15. The van der Waals surface area contributed by atoms with Crippen molar-refractivity contribution < 1.29 is 14.4 Å². The van der Waals surface area contributed by atoms with Crippen LogP contribution in [0, 0.1) is 5.92 Å². The van der Waals surface area contributed by atoms with Gasteiger partial charge in [-0.2, -0.15) is 5.06 Å². The van der Waals surface area contributed by atoms with E-state index in [1.165, 1.54) is 0 Å². The maximum atomic E-state index is 11.9. The van der Waals surface area contributed by atoms with E-state index in [0.29, 0.717) is 13.0 Å². The standard InChI is InChI=1S/C17H25NO3/c1-4-16(19)21-17(15-9-7-6-8-10-15)11-12-18(20-5-2)13-14(17)3/h6-10,14H,4-5,11-13H2,1-3H3/t14-,17+/m1/s1. The van der Waals surface area contributed by atoms with E-state index in [4.69, 9.17) is 9.57 Å². The molecule has 0 spiro atoms. The molecule has 0 aliphatic carbocycles. The summed E-state index contributed by atoms with van der Waals surface area (Å²) >= 11 is 0. The Morgan fingerprint density at radius 2 is 2.05 bits per heavy atom. The van der Waals surface area contributed by atoms with E-state index in [0.717, 1.165) is 25.1 Å². The lowest BCUT2D eigenvalue weighted by Gasteiger charge is -2.45. The van der Waals surface area contributed by atoms with E-state index in [9.17, 15) is 4.79 Å². The first-order valence-electron chi connectivity index (χ1n) is 7.77. The highest BCUT2D eigenvalue weighted by molar-refractivity contribution is 5.69. The number of rotatable bonds is 5. The molecule has 1 fully saturated rings. The van der Waals surface area contributed by atoms with Gasteiger partial charge in [-0.15, -0.1) is 0 Å². The van der Waals surface area contributed by atoms with Gasteiger partial charge in [0.05, 0.1) is 6.61 Å². The van der Waals surface area contributed by atoms with Crippen molar-refractivity contribution in [1.82, 2.24) is 5.06 Å². The summed E-state index contributed by atoms with van der Waals surface area (Å²) < 4.78 is 5.93. The van der Waals surface area contributed by atoms with Crippen LogP contribution < -0.4 is 0 Å². The fourth-order valence-corrected chi connectivity index (χ4v) is 3.02. The smallest absolute Gasteiger partial charge is 0.306 e. The molecule has 21 heavy (non-hydrogen) atoms. The molecular weight excluding hydrogens is 266 g/mol. The van der Waals surface area contributed by atoms with E-state index in [1.807, 2.05) is 37.1 Å². The zero-order valence-corrected chi connectivity index (χ0v) is 13.2. The first-order valence-corrected chi connectivity index (χ1v) is 7.77. The van der Waals surface area contributed by atoms with Crippen LogP contribution in [0.4, 0.5) is 0 Å². The summed E-state index contributed by atoms with van der Waals surface area (Å²) in [6, 6.07) is 10.1. The SMILES string of the molecule is CCON1CC[C@@](OC(=O)CC)(c2ccccc2)[C@H](C)C1. The fourth-order valence-electron chi connectivity index (χ4n) is 3.02. The third kappa shape index (κ3) is 3.44. The molecule has 4 nitrogen and oxygen atoms in total. The number of hydrogen-bond donors (Lipinski definition) is 0. The Hall–Kier alpha value is -1.39. The van der Waals surface area contributed by atoms with Crippen LogP contribution in [-0.2, 0) is 20.0 Å². The van der Waals surface area contributed by atoms with Crippen LogP contribution in [0.1, 0.15) is 39.2 Å². The number of esters is 1. The van der Waals surface area contributed by atoms with Gasteiger partial charge in [-0.25, -0.2) is 0 Å². The number of hydroxylamine groups is 2. The Balaban J connectivity index is 2.27. The van der Waals surface area contributed by atoms with Crippen molar-refractivity contribution in [2.75, 3.05) is 19.7 Å². The van der Waals surface area contributed by atoms with Crippen molar-refractivity contribution in [3.05, 3.63) is 35.9 Å². The minimum Gasteiger partial charge on any atom is -0.454 e. The topological polar surface area (TPSA) is 38.8 Å². The molecule has 1 saturated heterocycles. The maximum absolute atomic E-state index is 11.9. The Morgan fingerprint density at radius 1 is 1.33 bits per heavy atom. The van der Waals surface area contributed by atoms with Crippen molar-refractivity contribution >= 4 is 5.97 Å². The number of ether oxygens (including phenoxy) is 1. The number of benzene rings is 1. The Kier molecular flexibility index (Phi) is 5.37. The van der Waals surface area contributed by atoms with Crippen LogP contribution in [0.15, 0.2) is 30.3 Å². The third-order valence-corrected chi connectivity index (χ3v) is 4.16. The van der Waals surface area contributed by atoms with Gasteiger partial charge in [0.2, 0.25) is 0 Å². The first kappa shape index (κ1) is 16.0. The molecule has 1 aliphatic heterocycles. The van der Waals surface area contributed by atoms with Gasteiger partial charge in [0.25, 0.3) is 0 Å². The molecule has 0 radical (unpaired) electrons. The molecule has 0 unspecified atom stereocenters. The highest BCUT2D eigenvalue weighted by Crippen LogP contribution is 2.41. The lowest BCUT2D eigenvalue weighted by atomic mass is 9.77. The molecule has 1 heterocycles. The summed E-state index contributed by atoms with van der Waals surface area (Å²) in [4.78, 5) is 17.6. The lowest BCUT2D eigenvalue weighted by Crippen LogP contribution is -2.51. The molecule has 0 saturated carbocycles.